The molecule has 0 aliphatic carbocycles. The maximum atomic E-state index is 11.1. The van der Waals surface area contributed by atoms with Gasteiger partial charge in [0.1, 0.15) is 0 Å². The summed E-state index contributed by atoms with van der Waals surface area (Å²) >= 11 is 0. The fourth-order valence-corrected chi connectivity index (χ4v) is 1.24. The molecular weight excluding hydrogens is 194 g/mol. The minimum atomic E-state index is -0.617. The Morgan fingerprint density at radius 3 is 2.33 bits per heavy atom. The van der Waals surface area contributed by atoms with Gasteiger partial charge in [-0.15, -0.1) is 0 Å². The van der Waals surface area contributed by atoms with Crippen LogP contribution in [0.5, 0.6) is 0 Å². The number of benzene rings is 1. The summed E-state index contributed by atoms with van der Waals surface area (Å²) in [5, 5.41) is 9.28. The molecule has 0 aliphatic heterocycles. The number of carbonyl (C=O) groups excluding carboxylic acids is 1. The molecule has 15 heavy (non-hydrogen) atoms. The topological polar surface area (TPSA) is 72.5 Å². The summed E-state index contributed by atoms with van der Waals surface area (Å²) in [6, 6.07) is 6.25. The van der Waals surface area contributed by atoms with E-state index in [9.17, 15) is 9.90 Å². The first kappa shape index (κ1) is 11.7. The van der Waals surface area contributed by atoms with Gasteiger partial charge in [0.15, 0.2) is 0 Å². The number of aliphatic hydroxyl groups excluding tert-OH is 1. The molecule has 0 heterocycles. The second kappa shape index (κ2) is 4.91. The lowest BCUT2D eigenvalue weighted by atomic mass is 10.0. The molecule has 0 amide bonds. The lowest BCUT2D eigenvalue weighted by Gasteiger charge is -2.14. The van der Waals surface area contributed by atoms with Crippen LogP contribution in [0.25, 0.3) is 0 Å². The zero-order valence-electron chi connectivity index (χ0n) is 8.81. The van der Waals surface area contributed by atoms with Crippen molar-refractivity contribution in [1.29, 1.82) is 0 Å². The number of hydrogen-bond acceptors (Lipinski definition) is 4. The van der Waals surface area contributed by atoms with E-state index >= 15 is 0 Å². The molecular formula is C11H15NO3. The molecule has 0 saturated carbocycles. The van der Waals surface area contributed by atoms with Gasteiger partial charge in [0.25, 0.3) is 0 Å². The number of aliphatic hydroxyl groups is 1. The molecule has 4 heteroatoms. The number of methoxy groups -OCH3 is 1. The Kier molecular flexibility index (Phi) is 3.82. The summed E-state index contributed by atoms with van der Waals surface area (Å²) < 4.78 is 4.56. The molecule has 0 spiro atoms. The quantitative estimate of drug-likeness (QED) is 0.724. The Hall–Kier alpha value is -1.39. The first-order valence-corrected chi connectivity index (χ1v) is 4.68. The molecule has 1 rings (SSSR count). The van der Waals surface area contributed by atoms with Crippen molar-refractivity contribution in [2.45, 2.75) is 19.1 Å². The maximum Gasteiger partial charge on any atom is 0.337 e. The zero-order valence-corrected chi connectivity index (χ0v) is 8.81. The van der Waals surface area contributed by atoms with Gasteiger partial charge in [-0.3, -0.25) is 0 Å². The van der Waals surface area contributed by atoms with Gasteiger partial charge in [-0.05, 0) is 24.6 Å². The van der Waals surface area contributed by atoms with E-state index in [1.165, 1.54) is 7.11 Å². The third-order valence-corrected chi connectivity index (χ3v) is 2.24. The smallest absolute Gasteiger partial charge is 0.337 e. The van der Waals surface area contributed by atoms with E-state index in [0.717, 1.165) is 5.56 Å². The highest BCUT2D eigenvalue weighted by Gasteiger charge is 2.12. The van der Waals surface area contributed by atoms with Crippen molar-refractivity contribution in [2.24, 2.45) is 5.73 Å². The highest BCUT2D eigenvalue weighted by molar-refractivity contribution is 5.89. The van der Waals surface area contributed by atoms with Crippen molar-refractivity contribution in [3.05, 3.63) is 35.4 Å². The van der Waals surface area contributed by atoms with Crippen molar-refractivity contribution >= 4 is 5.97 Å². The van der Waals surface area contributed by atoms with Crippen LogP contribution in [0.4, 0.5) is 0 Å². The van der Waals surface area contributed by atoms with Gasteiger partial charge in [0.05, 0.1) is 24.8 Å². The summed E-state index contributed by atoms with van der Waals surface area (Å²) in [6.07, 6.45) is -0.617. The Labute approximate surface area is 88.7 Å². The predicted molar refractivity (Wildman–Crippen MR) is 56.4 cm³/mol. The number of esters is 1. The van der Waals surface area contributed by atoms with Crippen LogP contribution in [-0.2, 0) is 4.74 Å². The van der Waals surface area contributed by atoms with E-state index < -0.39 is 12.1 Å². The van der Waals surface area contributed by atoms with Gasteiger partial charge < -0.3 is 15.6 Å². The fraction of sp³-hybridized carbons (Fsp3) is 0.364. The summed E-state index contributed by atoms with van der Waals surface area (Å²) in [6.45, 7) is 1.62. The molecule has 0 saturated heterocycles. The van der Waals surface area contributed by atoms with Crippen LogP contribution in [0.1, 0.15) is 28.9 Å². The average Bonchev–Trinajstić information content (AvgIpc) is 2.27. The monoisotopic (exact) mass is 209 g/mol. The molecule has 3 N–H and O–H groups in total. The lowest BCUT2D eigenvalue weighted by Crippen LogP contribution is -2.23. The number of ether oxygens (including phenoxy) is 1. The Bertz CT molecular complexity index is 332. The standard InChI is InChI=1S/C11H15NO3/c1-7(13)10(12)8-3-5-9(6-4-8)11(14)15-2/h3-7,10,13H,12H2,1-2H3/t7-,10-/m0/s1. The van der Waals surface area contributed by atoms with E-state index in [1.807, 2.05) is 0 Å². The molecule has 0 unspecified atom stereocenters. The van der Waals surface area contributed by atoms with E-state index in [1.54, 1.807) is 31.2 Å². The van der Waals surface area contributed by atoms with Gasteiger partial charge in [-0.25, -0.2) is 4.79 Å². The van der Waals surface area contributed by atoms with Crippen molar-refractivity contribution in [2.75, 3.05) is 7.11 Å². The summed E-state index contributed by atoms with van der Waals surface area (Å²) in [5.74, 6) is -0.382. The molecule has 1 aromatic rings. The van der Waals surface area contributed by atoms with Crippen molar-refractivity contribution in [3.63, 3.8) is 0 Å². The lowest BCUT2D eigenvalue weighted by molar-refractivity contribution is 0.0600. The molecule has 2 atom stereocenters. The highest BCUT2D eigenvalue weighted by atomic mass is 16.5. The Balaban J connectivity index is 2.85. The summed E-state index contributed by atoms with van der Waals surface area (Å²) in [5.41, 5.74) is 6.99. The summed E-state index contributed by atoms with van der Waals surface area (Å²) in [4.78, 5) is 11.1. The summed E-state index contributed by atoms with van der Waals surface area (Å²) in [7, 11) is 1.33. The van der Waals surface area contributed by atoms with Crippen molar-refractivity contribution in [1.82, 2.24) is 0 Å². The molecule has 0 radical (unpaired) electrons. The fourth-order valence-electron chi connectivity index (χ4n) is 1.24. The number of hydrogen-bond donors (Lipinski definition) is 2. The van der Waals surface area contributed by atoms with Gasteiger partial charge in [-0.1, -0.05) is 12.1 Å². The molecule has 82 valence electrons. The second-order valence-corrected chi connectivity index (χ2v) is 3.38. The maximum absolute atomic E-state index is 11.1. The number of rotatable bonds is 3. The van der Waals surface area contributed by atoms with Crippen LogP contribution in [0.2, 0.25) is 0 Å². The van der Waals surface area contributed by atoms with Gasteiger partial charge in [-0.2, -0.15) is 0 Å². The molecule has 0 aliphatic rings. The highest BCUT2D eigenvalue weighted by Crippen LogP contribution is 2.15. The van der Waals surface area contributed by atoms with E-state index in [4.69, 9.17) is 5.73 Å². The van der Waals surface area contributed by atoms with Gasteiger partial charge in [0, 0.05) is 0 Å². The van der Waals surface area contributed by atoms with E-state index in [2.05, 4.69) is 4.74 Å². The van der Waals surface area contributed by atoms with Gasteiger partial charge >= 0.3 is 5.97 Å². The molecule has 0 fully saturated rings. The Morgan fingerprint density at radius 1 is 1.40 bits per heavy atom. The minimum absolute atomic E-state index is 0.382. The SMILES string of the molecule is COC(=O)c1ccc([C@@H](N)[C@H](C)O)cc1. The predicted octanol–water partition coefficient (Wildman–Crippen LogP) is 0.854. The van der Waals surface area contributed by atoms with Crippen molar-refractivity contribution in [3.8, 4) is 0 Å². The molecule has 0 bridgehead atoms. The van der Waals surface area contributed by atoms with E-state index in [0.29, 0.717) is 5.56 Å². The largest absolute Gasteiger partial charge is 0.465 e. The first-order valence-electron chi connectivity index (χ1n) is 4.68. The molecule has 4 nitrogen and oxygen atoms in total. The molecule has 0 aromatic heterocycles. The third-order valence-electron chi connectivity index (χ3n) is 2.24. The first-order chi connectivity index (χ1) is 7.06. The van der Waals surface area contributed by atoms with Gasteiger partial charge in [0.2, 0.25) is 0 Å². The van der Waals surface area contributed by atoms with Crippen molar-refractivity contribution < 1.29 is 14.6 Å². The van der Waals surface area contributed by atoms with Crippen LogP contribution in [-0.4, -0.2) is 24.3 Å². The minimum Gasteiger partial charge on any atom is -0.465 e. The van der Waals surface area contributed by atoms with Crippen LogP contribution < -0.4 is 5.73 Å². The Morgan fingerprint density at radius 2 is 1.93 bits per heavy atom. The van der Waals surface area contributed by atoms with Crippen LogP contribution in [0, 0.1) is 0 Å². The molecule has 1 aromatic carbocycles. The zero-order chi connectivity index (χ0) is 11.4. The normalized spacial score (nSPS) is 14.4. The van der Waals surface area contributed by atoms with Crippen LogP contribution >= 0.6 is 0 Å². The number of nitrogens with two attached hydrogens (primary N) is 1. The average molecular weight is 209 g/mol. The van der Waals surface area contributed by atoms with E-state index in [-0.39, 0.29) is 5.97 Å². The number of carbonyl (C=O) groups is 1. The second-order valence-electron chi connectivity index (χ2n) is 3.38. The van der Waals surface area contributed by atoms with Crippen LogP contribution in [0.15, 0.2) is 24.3 Å². The third kappa shape index (κ3) is 2.78. The van der Waals surface area contributed by atoms with Crippen LogP contribution in [0.3, 0.4) is 0 Å².